The Hall–Kier alpha value is -2.69. The van der Waals surface area contributed by atoms with Crippen molar-refractivity contribution in [2.75, 3.05) is 11.1 Å². The Labute approximate surface area is 110 Å². The molecule has 0 saturated carbocycles. The van der Waals surface area contributed by atoms with Crippen molar-refractivity contribution in [2.45, 2.75) is 6.92 Å². The predicted molar refractivity (Wildman–Crippen MR) is 73.3 cm³/mol. The topological polar surface area (TPSA) is 95.6 Å². The van der Waals surface area contributed by atoms with E-state index in [0.717, 1.165) is 11.6 Å². The fraction of sp³-hybridized carbons (Fsp3) is 0.0714. The van der Waals surface area contributed by atoms with Gasteiger partial charge in [0.05, 0.1) is 0 Å². The third-order valence-corrected chi connectivity index (χ3v) is 2.70. The van der Waals surface area contributed by atoms with Crippen LogP contribution in [-0.2, 0) is 0 Å². The zero-order valence-corrected chi connectivity index (χ0v) is 10.3. The second kappa shape index (κ2) is 4.89. The number of nitrogens with two attached hydrogens (primary N) is 1. The Balaban J connectivity index is 2.22. The molecule has 0 aliphatic rings. The highest BCUT2D eigenvalue weighted by Crippen LogP contribution is 2.22. The van der Waals surface area contributed by atoms with Gasteiger partial charge in [-0.1, -0.05) is 6.07 Å². The summed E-state index contributed by atoms with van der Waals surface area (Å²) in [7, 11) is 0. The third-order valence-electron chi connectivity index (χ3n) is 2.70. The van der Waals surface area contributed by atoms with Gasteiger partial charge in [0.1, 0.15) is 11.5 Å². The van der Waals surface area contributed by atoms with Crippen molar-refractivity contribution < 1.29 is 15.0 Å². The molecule has 0 unspecified atom stereocenters. The molecule has 0 aliphatic carbocycles. The van der Waals surface area contributed by atoms with Gasteiger partial charge in [-0.2, -0.15) is 0 Å². The number of carbonyl (C=O) groups excluding carboxylic acids is 1. The van der Waals surface area contributed by atoms with Gasteiger partial charge in [0.25, 0.3) is 5.91 Å². The first kappa shape index (κ1) is 12.8. The normalized spacial score (nSPS) is 10.2. The number of carbonyl (C=O) groups is 1. The maximum absolute atomic E-state index is 11.9. The highest BCUT2D eigenvalue weighted by atomic mass is 16.3. The molecule has 0 fully saturated rings. The summed E-state index contributed by atoms with van der Waals surface area (Å²) in [6.07, 6.45) is 0. The Bertz CT molecular complexity index is 618. The minimum Gasteiger partial charge on any atom is -0.508 e. The van der Waals surface area contributed by atoms with Gasteiger partial charge in [-0.15, -0.1) is 0 Å². The van der Waals surface area contributed by atoms with Gasteiger partial charge >= 0.3 is 0 Å². The molecule has 2 aromatic carbocycles. The molecule has 5 heteroatoms. The monoisotopic (exact) mass is 258 g/mol. The van der Waals surface area contributed by atoms with Crippen LogP contribution in [0.3, 0.4) is 0 Å². The van der Waals surface area contributed by atoms with Gasteiger partial charge in [-0.05, 0) is 36.8 Å². The second-order valence-electron chi connectivity index (χ2n) is 4.26. The van der Waals surface area contributed by atoms with E-state index in [0.29, 0.717) is 11.4 Å². The van der Waals surface area contributed by atoms with Gasteiger partial charge in [-0.3, -0.25) is 4.79 Å². The molecule has 98 valence electrons. The van der Waals surface area contributed by atoms with Crippen LogP contribution in [-0.4, -0.2) is 16.1 Å². The summed E-state index contributed by atoms with van der Waals surface area (Å²) < 4.78 is 0. The number of amides is 1. The predicted octanol–water partition coefficient (Wildman–Crippen LogP) is 2.24. The van der Waals surface area contributed by atoms with Gasteiger partial charge in [0.2, 0.25) is 0 Å². The SMILES string of the molecule is Cc1ccc(NC(=O)c2cc(O)cc(O)c2)cc1N. The first-order valence-corrected chi connectivity index (χ1v) is 5.66. The summed E-state index contributed by atoms with van der Waals surface area (Å²) in [4.78, 5) is 11.9. The number of hydrogen-bond donors (Lipinski definition) is 4. The summed E-state index contributed by atoms with van der Waals surface area (Å²) in [6.45, 7) is 1.87. The van der Waals surface area contributed by atoms with Crippen molar-refractivity contribution in [3.8, 4) is 11.5 Å². The van der Waals surface area contributed by atoms with Crippen molar-refractivity contribution in [1.82, 2.24) is 0 Å². The quantitative estimate of drug-likeness (QED) is 0.621. The molecule has 0 spiro atoms. The number of anilines is 2. The molecule has 1 amide bonds. The van der Waals surface area contributed by atoms with Crippen LogP contribution >= 0.6 is 0 Å². The number of phenolic OH excluding ortho intramolecular Hbond substituents is 2. The molecule has 0 radical (unpaired) electrons. The van der Waals surface area contributed by atoms with Crippen LogP contribution in [0.4, 0.5) is 11.4 Å². The molecule has 0 atom stereocenters. The van der Waals surface area contributed by atoms with E-state index in [1.807, 2.05) is 6.92 Å². The van der Waals surface area contributed by atoms with Crippen molar-refractivity contribution in [1.29, 1.82) is 0 Å². The second-order valence-corrected chi connectivity index (χ2v) is 4.26. The van der Waals surface area contributed by atoms with Crippen molar-refractivity contribution in [2.24, 2.45) is 0 Å². The van der Waals surface area contributed by atoms with Crippen molar-refractivity contribution in [3.63, 3.8) is 0 Å². The minimum absolute atomic E-state index is 0.164. The van der Waals surface area contributed by atoms with Gasteiger partial charge in [-0.25, -0.2) is 0 Å². The fourth-order valence-electron chi connectivity index (χ4n) is 1.65. The molecule has 5 N–H and O–H groups in total. The van der Waals surface area contributed by atoms with Gasteiger partial charge in [0.15, 0.2) is 0 Å². The lowest BCUT2D eigenvalue weighted by molar-refractivity contribution is 0.102. The van der Waals surface area contributed by atoms with Crippen LogP contribution in [0, 0.1) is 6.92 Å². The molecule has 0 heterocycles. The van der Waals surface area contributed by atoms with E-state index in [1.54, 1.807) is 18.2 Å². The number of aryl methyl sites for hydroxylation is 1. The maximum Gasteiger partial charge on any atom is 0.255 e. The zero-order valence-electron chi connectivity index (χ0n) is 10.3. The Morgan fingerprint density at radius 3 is 2.32 bits per heavy atom. The molecule has 0 saturated heterocycles. The third kappa shape index (κ3) is 2.95. The number of nitrogen functional groups attached to an aromatic ring is 1. The highest BCUT2D eigenvalue weighted by Gasteiger charge is 2.09. The number of nitrogens with one attached hydrogen (secondary N) is 1. The van der Waals surface area contributed by atoms with Crippen molar-refractivity contribution in [3.05, 3.63) is 47.5 Å². The average molecular weight is 258 g/mol. The number of rotatable bonds is 2. The van der Waals surface area contributed by atoms with E-state index >= 15 is 0 Å². The smallest absolute Gasteiger partial charge is 0.255 e. The Morgan fingerprint density at radius 1 is 1.11 bits per heavy atom. The minimum atomic E-state index is -0.436. The Morgan fingerprint density at radius 2 is 1.74 bits per heavy atom. The van der Waals surface area contributed by atoms with Crippen LogP contribution in [0.1, 0.15) is 15.9 Å². The van der Waals surface area contributed by atoms with E-state index < -0.39 is 5.91 Å². The van der Waals surface area contributed by atoms with Crippen LogP contribution in [0.2, 0.25) is 0 Å². The summed E-state index contributed by atoms with van der Waals surface area (Å²) in [6, 6.07) is 8.87. The molecule has 0 aliphatic heterocycles. The zero-order chi connectivity index (χ0) is 14.0. The van der Waals surface area contributed by atoms with Crippen molar-refractivity contribution >= 4 is 17.3 Å². The standard InChI is InChI=1S/C14H14N2O3/c1-8-2-3-10(6-13(8)15)16-14(19)9-4-11(17)7-12(18)5-9/h2-7,17-18H,15H2,1H3,(H,16,19). The molecule has 0 aromatic heterocycles. The number of aromatic hydroxyl groups is 2. The molecular formula is C14H14N2O3. The first-order chi connectivity index (χ1) is 8.95. The Kier molecular flexibility index (Phi) is 3.29. The van der Waals surface area contributed by atoms with E-state index in [9.17, 15) is 15.0 Å². The van der Waals surface area contributed by atoms with E-state index in [1.165, 1.54) is 12.1 Å². The number of hydrogen-bond acceptors (Lipinski definition) is 4. The van der Waals surface area contributed by atoms with Crippen LogP contribution in [0.5, 0.6) is 11.5 Å². The number of benzene rings is 2. The summed E-state index contributed by atoms with van der Waals surface area (Å²) >= 11 is 0. The van der Waals surface area contributed by atoms with Crippen LogP contribution < -0.4 is 11.1 Å². The lowest BCUT2D eigenvalue weighted by Gasteiger charge is -2.08. The lowest BCUT2D eigenvalue weighted by Crippen LogP contribution is -2.12. The summed E-state index contributed by atoms with van der Waals surface area (Å²) in [5, 5.41) is 21.3. The lowest BCUT2D eigenvalue weighted by atomic mass is 10.1. The molecule has 2 aromatic rings. The van der Waals surface area contributed by atoms with Gasteiger partial charge < -0.3 is 21.3 Å². The van der Waals surface area contributed by atoms with E-state index in [4.69, 9.17) is 5.73 Å². The fourth-order valence-corrected chi connectivity index (χ4v) is 1.65. The summed E-state index contributed by atoms with van der Waals surface area (Å²) in [5.41, 5.74) is 7.97. The van der Waals surface area contributed by atoms with Gasteiger partial charge in [0, 0.05) is 23.0 Å². The molecule has 5 nitrogen and oxygen atoms in total. The molecule has 0 bridgehead atoms. The maximum atomic E-state index is 11.9. The first-order valence-electron chi connectivity index (χ1n) is 5.66. The summed E-state index contributed by atoms with van der Waals surface area (Å²) in [5.74, 6) is -0.781. The number of phenols is 2. The molecule has 19 heavy (non-hydrogen) atoms. The molecule has 2 rings (SSSR count). The van der Waals surface area contributed by atoms with E-state index in [-0.39, 0.29) is 17.1 Å². The van der Waals surface area contributed by atoms with Crippen LogP contribution in [0.15, 0.2) is 36.4 Å². The average Bonchev–Trinajstić information content (AvgIpc) is 2.32. The molecular weight excluding hydrogens is 244 g/mol. The highest BCUT2D eigenvalue weighted by molar-refractivity contribution is 6.05. The van der Waals surface area contributed by atoms with Crippen LogP contribution in [0.25, 0.3) is 0 Å². The van der Waals surface area contributed by atoms with E-state index in [2.05, 4.69) is 5.32 Å². The largest absolute Gasteiger partial charge is 0.508 e.